The maximum Gasteiger partial charge on any atom is 0.291 e. The number of nitrogens with zero attached hydrogens (tertiary/aromatic N) is 1. The van der Waals surface area contributed by atoms with Crippen LogP contribution in [0.1, 0.15) is 5.56 Å². The molecule has 0 N–H and O–H groups in total. The predicted octanol–water partition coefficient (Wildman–Crippen LogP) is 4.20. The van der Waals surface area contributed by atoms with Crippen molar-refractivity contribution in [2.75, 3.05) is 0 Å². The van der Waals surface area contributed by atoms with E-state index in [1.54, 1.807) is 18.2 Å². The van der Waals surface area contributed by atoms with Crippen molar-refractivity contribution in [3.63, 3.8) is 0 Å². The summed E-state index contributed by atoms with van der Waals surface area (Å²) in [6.07, 6.45) is 0.0991. The Hall–Kier alpha value is -0.490. The number of alkyl halides is 3. The molecule has 0 amide bonds. The van der Waals surface area contributed by atoms with Crippen LogP contribution in [-0.2, 0) is 0 Å². The molecular weight excluding hydrogens is 368 g/mol. The topological polar surface area (TPSA) is 52.4 Å². The largest absolute Gasteiger partial charge is 0.474 e. The molecule has 0 bridgehead atoms. The molecule has 4 nitrogen and oxygen atoms in total. The van der Waals surface area contributed by atoms with Gasteiger partial charge in [-0.2, -0.15) is 0 Å². The Bertz CT molecular complexity index is 542. The van der Waals surface area contributed by atoms with E-state index < -0.39 is 14.8 Å². The Morgan fingerprint density at radius 3 is 2.61 bits per heavy atom. The summed E-state index contributed by atoms with van der Waals surface area (Å²) in [5, 5.41) is 11.0. The summed E-state index contributed by atoms with van der Waals surface area (Å²) in [4.78, 5) is 10.4. The molecule has 1 heterocycles. The quantitative estimate of drug-likeness (QED) is 0.421. The second-order valence-corrected chi connectivity index (χ2v) is 6.83. The van der Waals surface area contributed by atoms with E-state index in [9.17, 15) is 10.1 Å². The number of rotatable bonds is 1. The fourth-order valence-corrected chi connectivity index (χ4v) is 2.39. The van der Waals surface area contributed by atoms with Gasteiger partial charge in [0.2, 0.25) is 9.90 Å². The maximum absolute atomic E-state index is 11.0. The predicted molar refractivity (Wildman–Crippen MR) is 73.8 cm³/mol. The Labute approximate surface area is 126 Å². The van der Waals surface area contributed by atoms with Gasteiger partial charge in [0, 0.05) is 16.1 Å². The zero-order chi connectivity index (χ0) is 13.5. The van der Waals surface area contributed by atoms with Crippen LogP contribution >= 0.6 is 50.7 Å². The van der Waals surface area contributed by atoms with E-state index in [0.29, 0.717) is 11.3 Å². The minimum absolute atomic E-state index is 0.291. The molecule has 0 saturated heterocycles. The van der Waals surface area contributed by atoms with Crippen molar-refractivity contribution in [3.05, 3.63) is 44.0 Å². The standard InChI is InChI=1S/C10H5BrCl3NO3/c11-6-1-2-8-5(3-6)4-7(15(16)17)9(18-8)10(12,13)14/h1-4,9H. The third kappa shape index (κ3) is 2.74. The van der Waals surface area contributed by atoms with Gasteiger partial charge in [-0.15, -0.1) is 0 Å². The molecule has 1 aliphatic rings. The first-order chi connectivity index (χ1) is 8.29. The van der Waals surface area contributed by atoms with E-state index in [-0.39, 0.29) is 5.70 Å². The molecule has 96 valence electrons. The van der Waals surface area contributed by atoms with Crippen molar-refractivity contribution in [1.29, 1.82) is 0 Å². The highest BCUT2D eigenvalue weighted by atomic mass is 79.9. The number of nitro groups is 1. The van der Waals surface area contributed by atoms with E-state index in [1.165, 1.54) is 6.08 Å². The first-order valence-electron chi connectivity index (χ1n) is 4.68. The Kier molecular flexibility index (Phi) is 3.78. The number of fused-ring (bicyclic) bond motifs is 1. The summed E-state index contributed by atoms with van der Waals surface area (Å²) in [6.45, 7) is 0. The smallest absolute Gasteiger partial charge is 0.291 e. The van der Waals surface area contributed by atoms with E-state index in [1.807, 2.05) is 0 Å². The van der Waals surface area contributed by atoms with Crippen LogP contribution in [0.2, 0.25) is 0 Å². The first-order valence-corrected chi connectivity index (χ1v) is 6.60. The summed E-state index contributed by atoms with van der Waals surface area (Å²) in [5.41, 5.74) is 0.266. The Morgan fingerprint density at radius 1 is 1.39 bits per heavy atom. The van der Waals surface area contributed by atoms with E-state index in [0.717, 1.165) is 4.47 Å². The van der Waals surface area contributed by atoms with Gasteiger partial charge in [-0.3, -0.25) is 10.1 Å². The van der Waals surface area contributed by atoms with Crippen molar-refractivity contribution in [2.45, 2.75) is 9.90 Å². The minimum atomic E-state index is -1.91. The van der Waals surface area contributed by atoms with Gasteiger partial charge >= 0.3 is 0 Å². The number of hydrogen-bond acceptors (Lipinski definition) is 3. The summed E-state index contributed by atoms with van der Waals surface area (Å²) >= 11 is 20.4. The molecule has 0 spiro atoms. The normalized spacial score (nSPS) is 18.7. The van der Waals surface area contributed by atoms with Crippen LogP contribution in [0.15, 0.2) is 28.4 Å². The molecule has 1 unspecified atom stereocenters. The summed E-state index contributed by atoms with van der Waals surface area (Å²) < 4.78 is 4.26. The van der Waals surface area contributed by atoms with Gasteiger partial charge < -0.3 is 4.74 Å². The molecule has 0 aliphatic carbocycles. The van der Waals surface area contributed by atoms with Crippen LogP contribution < -0.4 is 4.74 Å². The lowest BCUT2D eigenvalue weighted by atomic mass is 10.1. The van der Waals surface area contributed by atoms with Crippen LogP contribution in [0.4, 0.5) is 0 Å². The van der Waals surface area contributed by atoms with Crippen LogP contribution in [0.5, 0.6) is 5.75 Å². The van der Waals surface area contributed by atoms with Gasteiger partial charge in [-0.25, -0.2) is 0 Å². The second-order valence-electron chi connectivity index (χ2n) is 3.55. The average Bonchev–Trinajstić information content (AvgIpc) is 2.25. The van der Waals surface area contributed by atoms with Crippen molar-refractivity contribution >= 4 is 56.8 Å². The van der Waals surface area contributed by atoms with Gasteiger partial charge in [0.05, 0.1) is 4.92 Å². The molecule has 0 saturated carbocycles. The number of halogens is 4. The van der Waals surface area contributed by atoms with Gasteiger partial charge in [0.15, 0.2) is 0 Å². The van der Waals surface area contributed by atoms with Crippen LogP contribution in [0, 0.1) is 10.1 Å². The minimum Gasteiger partial charge on any atom is -0.474 e. The van der Waals surface area contributed by atoms with Gasteiger partial charge in [0.25, 0.3) is 5.70 Å². The van der Waals surface area contributed by atoms with Crippen LogP contribution in [0.25, 0.3) is 6.08 Å². The highest BCUT2D eigenvalue weighted by Crippen LogP contribution is 2.41. The molecule has 1 atom stereocenters. The van der Waals surface area contributed by atoms with Gasteiger partial charge in [0.1, 0.15) is 5.75 Å². The summed E-state index contributed by atoms with van der Waals surface area (Å²) in [5.74, 6) is 0.431. The first kappa shape index (κ1) is 13.9. The Morgan fingerprint density at radius 2 is 2.06 bits per heavy atom. The molecular formula is C10H5BrCl3NO3. The molecule has 18 heavy (non-hydrogen) atoms. The van der Waals surface area contributed by atoms with Crippen LogP contribution in [-0.4, -0.2) is 14.8 Å². The highest BCUT2D eigenvalue weighted by Gasteiger charge is 2.46. The fraction of sp³-hybridized carbons (Fsp3) is 0.200. The van der Waals surface area contributed by atoms with Crippen molar-refractivity contribution < 1.29 is 9.66 Å². The maximum atomic E-state index is 11.0. The lowest BCUT2D eigenvalue weighted by Crippen LogP contribution is -2.38. The SMILES string of the molecule is O=[N+]([O-])C1=Cc2cc(Br)ccc2OC1C(Cl)(Cl)Cl. The van der Waals surface area contributed by atoms with Crippen molar-refractivity contribution in [3.8, 4) is 5.75 Å². The Balaban J connectivity index is 2.53. The zero-order valence-corrected chi connectivity index (χ0v) is 12.4. The van der Waals surface area contributed by atoms with Crippen molar-refractivity contribution in [1.82, 2.24) is 0 Å². The zero-order valence-electron chi connectivity index (χ0n) is 8.57. The number of hydrogen-bond donors (Lipinski definition) is 0. The van der Waals surface area contributed by atoms with E-state index in [2.05, 4.69) is 15.9 Å². The molecule has 8 heteroatoms. The number of ether oxygens (including phenoxy) is 1. The second kappa shape index (κ2) is 4.89. The van der Waals surface area contributed by atoms with E-state index >= 15 is 0 Å². The molecule has 1 aliphatic heterocycles. The lowest BCUT2D eigenvalue weighted by Gasteiger charge is -2.27. The summed E-state index contributed by atoms with van der Waals surface area (Å²) in [7, 11) is 0. The monoisotopic (exact) mass is 371 g/mol. The molecule has 1 aromatic rings. The van der Waals surface area contributed by atoms with Crippen LogP contribution in [0.3, 0.4) is 0 Å². The third-order valence-corrected chi connectivity index (χ3v) is 3.38. The van der Waals surface area contributed by atoms with Crippen molar-refractivity contribution in [2.24, 2.45) is 0 Å². The van der Waals surface area contributed by atoms with Gasteiger partial charge in [-0.05, 0) is 18.2 Å². The van der Waals surface area contributed by atoms with E-state index in [4.69, 9.17) is 39.5 Å². The molecule has 0 fully saturated rings. The molecule has 0 radical (unpaired) electrons. The average molecular weight is 373 g/mol. The third-order valence-electron chi connectivity index (χ3n) is 2.30. The van der Waals surface area contributed by atoms with Gasteiger partial charge in [-0.1, -0.05) is 50.7 Å². The lowest BCUT2D eigenvalue weighted by molar-refractivity contribution is -0.433. The molecule has 1 aromatic carbocycles. The number of benzene rings is 1. The fourth-order valence-electron chi connectivity index (χ4n) is 1.54. The summed E-state index contributed by atoms with van der Waals surface area (Å²) in [6, 6.07) is 5.07. The molecule has 2 rings (SSSR count). The highest BCUT2D eigenvalue weighted by molar-refractivity contribution is 9.10. The molecule has 0 aromatic heterocycles.